The number of hydrogen-bond donors (Lipinski definition) is 2. The highest BCUT2D eigenvalue weighted by Crippen LogP contribution is 2.39. The number of ether oxygens (including phenoxy) is 3. The summed E-state index contributed by atoms with van der Waals surface area (Å²) in [6, 6.07) is 16.5. The van der Waals surface area contributed by atoms with Gasteiger partial charge in [0, 0.05) is 181 Å². The molecule has 4 saturated heterocycles. The quantitative estimate of drug-likeness (QED) is 0.0199. The molecule has 4 aliphatic rings. The summed E-state index contributed by atoms with van der Waals surface area (Å²) in [7, 11) is -10.2. The number of nitriles is 1. The lowest BCUT2D eigenvalue weighted by Gasteiger charge is -2.47. The number of nitrogens with one attached hydrogen (secondary N) is 2. The van der Waals surface area contributed by atoms with E-state index in [4.69, 9.17) is 44.6 Å². The second-order valence-electron chi connectivity index (χ2n) is 32.7. The van der Waals surface area contributed by atoms with Crippen molar-refractivity contribution < 1.29 is 52.7 Å². The van der Waals surface area contributed by atoms with Crippen LogP contribution in [0, 0.1) is 31.0 Å². The first-order valence-electron chi connectivity index (χ1n) is 38.9. The maximum Gasteiger partial charge on any atom is 0.410 e. The van der Waals surface area contributed by atoms with E-state index in [9.17, 15) is 43.7 Å². The van der Waals surface area contributed by atoms with Gasteiger partial charge in [-0.15, -0.1) is 0 Å². The molecular weight excluding hydrogens is 1640 g/mol. The Morgan fingerprint density at radius 3 is 1.48 bits per heavy atom. The zero-order valence-corrected chi connectivity index (χ0v) is 75.5. The second-order valence-corrected chi connectivity index (χ2v) is 53.1. The van der Waals surface area contributed by atoms with Crippen LogP contribution < -0.4 is 0 Å². The minimum atomic E-state index is -3.29. The topological polar surface area (TPSA) is 360 Å². The van der Waals surface area contributed by atoms with Crippen molar-refractivity contribution in [2.45, 2.75) is 162 Å². The smallest absolute Gasteiger partial charge is 0.410 e. The number of amides is 1. The first-order valence-corrected chi connectivity index (χ1v) is 53.6. The van der Waals surface area contributed by atoms with E-state index in [0.717, 1.165) is 96.9 Å². The lowest BCUT2D eigenvalue weighted by Crippen LogP contribution is -2.66. The molecule has 0 atom stereocenters. The van der Waals surface area contributed by atoms with Crippen molar-refractivity contribution in [2.75, 3.05) is 95.1 Å². The third-order valence-corrected chi connectivity index (χ3v) is 29.9. The van der Waals surface area contributed by atoms with Gasteiger partial charge in [-0.2, -0.15) is 33.5 Å². The van der Waals surface area contributed by atoms with Gasteiger partial charge in [-0.1, -0.05) is 67.0 Å². The molecule has 39 heteroatoms. The zero-order chi connectivity index (χ0) is 86.5. The molecule has 0 unspecified atom stereocenters. The van der Waals surface area contributed by atoms with E-state index in [0.29, 0.717) is 65.3 Å². The van der Waals surface area contributed by atoms with Gasteiger partial charge in [0.1, 0.15) is 41.5 Å². The highest BCUT2D eigenvalue weighted by Gasteiger charge is 2.53. The average Bonchev–Trinajstić information content (AvgIpc) is 1.41. The molecule has 0 saturated carbocycles. The predicted octanol–water partition coefficient (Wildman–Crippen LogP) is 13.6. The van der Waals surface area contributed by atoms with Gasteiger partial charge in [0.15, 0.2) is 17.9 Å². The minimum absolute atomic E-state index is 0.0779. The Labute approximate surface area is 700 Å². The van der Waals surface area contributed by atoms with Gasteiger partial charge in [0.2, 0.25) is 45.7 Å². The molecule has 636 valence electrons. The molecule has 13 heterocycles. The molecule has 4 fully saturated rings. The Hall–Kier alpha value is -9.27. The molecule has 13 rings (SSSR count). The molecular formula is C79H109ClN20O12S4Si2. The van der Waals surface area contributed by atoms with Gasteiger partial charge in [-0.05, 0) is 123 Å². The van der Waals surface area contributed by atoms with E-state index in [2.05, 4.69) is 111 Å². The van der Waals surface area contributed by atoms with Crippen LogP contribution >= 0.6 is 10.7 Å². The molecule has 118 heavy (non-hydrogen) atoms. The normalized spacial score (nSPS) is 15.5. The van der Waals surface area contributed by atoms with Crippen LogP contribution in [-0.2, 0) is 77.9 Å². The maximum atomic E-state index is 12.5. The first-order chi connectivity index (χ1) is 55.7. The molecule has 0 aliphatic carbocycles. The van der Waals surface area contributed by atoms with Gasteiger partial charge in [-0.3, -0.25) is 14.5 Å². The van der Waals surface area contributed by atoms with Crippen molar-refractivity contribution in [3.8, 4) is 39.4 Å². The number of rotatable bonds is 28. The van der Waals surface area contributed by atoms with E-state index < -0.39 is 71.9 Å². The number of likely N-dealkylation sites (tertiary alicyclic amines) is 1. The molecule has 0 aromatic carbocycles. The van der Waals surface area contributed by atoms with E-state index in [1.165, 1.54) is 31.4 Å². The Kier molecular flexibility index (Phi) is 32.8. The summed E-state index contributed by atoms with van der Waals surface area (Å²) in [4.78, 5) is 39.2. The third kappa shape index (κ3) is 25.9. The number of pyridine rings is 3. The number of nitrogens with zero attached hydrogens (tertiary/aromatic N) is 18. The molecule has 1 amide bonds. The number of halogens is 1. The third-order valence-electron chi connectivity index (χ3n) is 19.2. The fraction of sp³-hybridized carbons (Fsp3) is 0.506. The highest BCUT2D eigenvalue weighted by atomic mass is 35.7. The number of sulfonamides is 3. The van der Waals surface area contributed by atoms with Gasteiger partial charge in [0.25, 0.3) is 0 Å². The van der Waals surface area contributed by atoms with E-state index >= 15 is 0 Å². The van der Waals surface area contributed by atoms with Crippen molar-refractivity contribution in [1.29, 1.82) is 5.26 Å². The van der Waals surface area contributed by atoms with Crippen molar-refractivity contribution in [2.24, 2.45) is 0 Å². The van der Waals surface area contributed by atoms with Crippen molar-refractivity contribution >= 4 is 105 Å². The second kappa shape index (κ2) is 41.1. The van der Waals surface area contributed by atoms with Crippen LogP contribution in [0.4, 0.5) is 4.79 Å². The van der Waals surface area contributed by atoms with Crippen molar-refractivity contribution in [3.05, 3.63) is 169 Å². The number of aromatic amines is 2. The Bertz CT molecular complexity index is 5590. The Balaban J connectivity index is 0.000000187. The average molecular weight is 1750 g/mol. The van der Waals surface area contributed by atoms with Crippen molar-refractivity contribution in [3.63, 3.8) is 0 Å². The summed E-state index contributed by atoms with van der Waals surface area (Å²) < 4.78 is 121. The molecule has 2 N–H and O–H groups in total. The van der Waals surface area contributed by atoms with Crippen LogP contribution in [0.5, 0.6) is 0 Å². The number of aromatic nitrogens is 12. The summed E-state index contributed by atoms with van der Waals surface area (Å²) in [5, 5.41) is 28.3. The number of carbonyl (C=O) groups excluding carboxylic acids is 1. The van der Waals surface area contributed by atoms with Gasteiger partial charge in [0.05, 0.1) is 67.2 Å². The van der Waals surface area contributed by atoms with Crippen LogP contribution in [0.2, 0.25) is 51.4 Å². The van der Waals surface area contributed by atoms with Crippen LogP contribution in [0.1, 0.15) is 80.6 Å². The predicted molar refractivity (Wildman–Crippen MR) is 466 cm³/mol. The standard InChI is InChI=1S/C24H34N6O3SSi.C18H20N6O2S.C16H22N4OSi.C10H14N2O2.C8H12N2O2S.C3H7ClO2S/c1-6-12-34(31,32)29-17-24(18-29,16-25-2)30-15-20(14-27-30)21-7-9-26-23-22(21)8-10-28(23)19-33-11-13-35(3,4)5;1-2-9-27(25,26)23-12-18(13-23,5-6-19)24-11-14(10-22-24)15-3-7-20-17-16(15)4-8-21-17;1-22(2,3)9-8-21-12-20-7-5-15-14(4-6-17-16(15)20)13-10-18-19-11-13;1-10(2,3)14-9(13)12-6-8(7-12)5-11-4;1-3-4-13(11,12)10-6-8(7-10)5-9-2;1-2-3-7(4,5)6/h7-10,14-15H,6,11-13,16-19H2,1,3-5H3;3-4,7-8,10-11H,2,5,9,12-13H2,1H3,(H,20,21);4-7,10-11H,8-9,12H2,1-3H3,(H,18,19);5H,6-7H2,1-3H3;5H,3-4,6-7H2,1H3;2-3H2,1H3. The van der Waals surface area contributed by atoms with Crippen molar-refractivity contribution in [1.82, 2.24) is 76.6 Å². The molecule has 0 spiro atoms. The summed E-state index contributed by atoms with van der Waals surface area (Å²) in [6.45, 7) is 53.2. The summed E-state index contributed by atoms with van der Waals surface area (Å²) in [5.41, 5.74) is 8.80. The molecule has 9 aromatic rings. The lowest BCUT2D eigenvalue weighted by molar-refractivity contribution is 0.0214. The fourth-order valence-electron chi connectivity index (χ4n) is 12.8. The minimum Gasteiger partial charge on any atom is -0.444 e. The number of carbonyl (C=O) groups is 1. The number of H-pyrrole nitrogens is 2. The Morgan fingerprint density at radius 2 is 1.06 bits per heavy atom. The van der Waals surface area contributed by atoms with Gasteiger partial charge in [-0.25, -0.2) is 69.7 Å². The molecule has 32 nitrogen and oxygen atoms in total. The van der Waals surface area contributed by atoms with E-state index in [1.807, 2.05) is 126 Å². The van der Waals surface area contributed by atoms with Crippen LogP contribution in [-0.4, -0.2) is 233 Å². The first kappa shape index (κ1) is 94.2. The molecule has 0 bridgehead atoms. The fourth-order valence-corrected chi connectivity index (χ4v) is 20.1. The van der Waals surface area contributed by atoms with E-state index in [-0.39, 0.29) is 68.2 Å². The number of fused-ring (bicyclic) bond motifs is 3. The SMILES string of the molecule is CCCS(=O)(=O)Cl.CCCS(=O)(=O)N1CC(CC#N)(n2cc(-c3ccnc4[nH]ccc34)cn2)C1.C[Si](C)(C)CCOCn1ccc2c(-c3cn[nH]c3)ccnc21.[C-]#[N+]C=C1CN(C(=O)OC(C)(C)C)C1.[C-]#[N+]C=C1CN(S(=O)(=O)CCC)C1.[C-]#[N+]CC1(n2cc(-c3ccnc4c3ccn4COCC[Si](C)(C)C)cn2)CN(S(=O)(=O)CCC)C1. The summed E-state index contributed by atoms with van der Waals surface area (Å²) >= 11 is 0. The molecule has 4 aliphatic heterocycles. The number of hydrogen-bond acceptors (Lipinski definition) is 19. The summed E-state index contributed by atoms with van der Waals surface area (Å²) in [6.07, 6.45) is 27.4. The van der Waals surface area contributed by atoms with Crippen LogP contribution in [0.15, 0.2) is 134 Å². The zero-order valence-electron chi connectivity index (χ0n) is 69.5. The Morgan fingerprint density at radius 1 is 0.610 bits per heavy atom. The molecule has 0 radical (unpaired) electrons. The largest absolute Gasteiger partial charge is 0.444 e. The molecule has 9 aromatic heterocycles. The van der Waals surface area contributed by atoms with Crippen LogP contribution in [0.25, 0.3) is 81.0 Å². The van der Waals surface area contributed by atoms with E-state index in [1.54, 1.807) is 46.0 Å². The van der Waals surface area contributed by atoms with Gasteiger partial charge >= 0.3 is 6.09 Å². The van der Waals surface area contributed by atoms with Gasteiger partial charge < -0.3 is 38.1 Å². The summed E-state index contributed by atoms with van der Waals surface area (Å²) in [5.74, 6) is 0.536. The monoisotopic (exact) mass is 1750 g/mol. The maximum absolute atomic E-state index is 12.5. The lowest BCUT2D eigenvalue weighted by atomic mass is 9.89. The van der Waals surface area contributed by atoms with Crippen LogP contribution in [0.3, 0.4) is 0 Å². The highest BCUT2D eigenvalue weighted by molar-refractivity contribution is 8.13.